The van der Waals surface area contributed by atoms with Crippen molar-refractivity contribution in [2.75, 3.05) is 17.8 Å². The van der Waals surface area contributed by atoms with Crippen LogP contribution in [0.1, 0.15) is 12.8 Å². The van der Waals surface area contributed by atoms with Crippen molar-refractivity contribution in [2.45, 2.75) is 12.8 Å². The lowest BCUT2D eigenvalue weighted by Gasteiger charge is -2.30. The van der Waals surface area contributed by atoms with Crippen LogP contribution in [0.3, 0.4) is 0 Å². The summed E-state index contributed by atoms with van der Waals surface area (Å²) in [6.45, 7) is 0.222. The molecule has 1 aromatic rings. The van der Waals surface area contributed by atoms with Crippen LogP contribution in [0.2, 0.25) is 0 Å². The second kappa shape index (κ2) is 6.44. The van der Waals surface area contributed by atoms with E-state index in [1.165, 1.54) is 12.1 Å². The van der Waals surface area contributed by atoms with Gasteiger partial charge < -0.3 is 5.11 Å². The first-order valence-corrected chi connectivity index (χ1v) is 8.77. The smallest absolute Gasteiger partial charge is 0.307 e. The molecule has 1 saturated heterocycles. The van der Waals surface area contributed by atoms with E-state index < -0.39 is 27.9 Å². The third-order valence-corrected chi connectivity index (χ3v) is 5.63. The molecule has 0 aromatic heterocycles. The van der Waals surface area contributed by atoms with Crippen LogP contribution in [0, 0.1) is 15.3 Å². The van der Waals surface area contributed by atoms with Crippen LogP contribution in [0.4, 0.5) is 10.1 Å². The maximum Gasteiger partial charge on any atom is 0.307 e. The van der Waals surface area contributed by atoms with Gasteiger partial charge in [0.05, 0.1) is 11.6 Å². The molecule has 0 aliphatic carbocycles. The minimum absolute atomic E-state index is 0.0531. The molecule has 1 unspecified atom stereocenters. The molecule has 2 N–H and O–H groups in total. The first-order valence-electron chi connectivity index (χ1n) is 6.25. The van der Waals surface area contributed by atoms with Gasteiger partial charge in [0.15, 0.2) is 0 Å². The summed E-state index contributed by atoms with van der Waals surface area (Å²) in [7, 11) is -3.85. The van der Waals surface area contributed by atoms with E-state index in [0.717, 1.165) is 10.4 Å². The zero-order valence-electron chi connectivity index (χ0n) is 10.9. The van der Waals surface area contributed by atoms with E-state index in [-0.39, 0.29) is 18.8 Å². The second-order valence-corrected chi connectivity index (χ2v) is 7.60. The van der Waals surface area contributed by atoms with Crippen molar-refractivity contribution >= 4 is 44.5 Å². The molecule has 116 valence electrons. The van der Waals surface area contributed by atoms with Crippen molar-refractivity contribution in [3.8, 4) is 0 Å². The number of nitrogens with zero attached hydrogens (tertiary/aromatic N) is 1. The summed E-state index contributed by atoms with van der Waals surface area (Å²) in [5, 5.41) is 9.00. The quantitative estimate of drug-likeness (QED) is 0.718. The number of carboxylic acid groups (broad SMARTS) is 1. The summed E-state index contributed by atoms with van der Waals surface area (Å²) < 4.78 is 41.5. The maximum absolute atomic E-state index is 13.0. The lowest BCUT2D eigenvalue weighted by Crippen LogP contribution is -2.44. The van der Waals surface area contributed by atoms with Gasteiger partial charge in [-0.2, -0.15) is 12.7 Å². The Balaban J connectivity index is 2.16. The van der Waals surface area contributed by atoms with Crippen LogP contribution in [0.15, 0.2) is 18.2 Å². The molecular weight excluding hydrogens is 414 g/mol. The largest absolute Gasteiger partial charge is 0.481 e. The highest BCUT2D eigenvalue weighted by Crippen LogP contribution is 2.24. The van der Waals surface area contributed by atoms with Gasteiger partial charge in [0.2, 0.25) is 0 Å². The van der Waals surface area contributed by atoms with Crippen LogP contribution in [-0.2, 0) is 15.0 Å². The minimum Gasteiger partial charge on any atom is -0.481 e. The topological polar surface area (TPSA) is 86.7 Å². The number of halogens is 2. The van der Waals surface area contributed by atoms with Gasteiger partial charge in [-0.3, -0.25) is 9.52 Å². The third-order valence-electron chi connectivity index (χ3n) is 3.24. The normalized spacial score (nSPS) is 20.2. The minimum atomic E-state index is -3.85. The van der Waals surface area contributed by atoms with E-state index in [4.69, 9.17) is 5.11 Å². The lowest BCUT2D eigenvalue weighted by atomic mass is 10.0. The van der Waals surface area contributed by atoms with Crippen molar-refractivity contribution < 1.29 is 22.7 Å². The first-order chi connectivity index (χ1) is 9.79. The fourth-order valence-corrected chi connectivity index (χ4v) is 4.26. The van der Waals surface area contributed by atoms with Crippen LogP contribution in [0.5, 0.6) is 0 Å². The molecule has 0 radical (unpaired) electrons. The van der Waals surface area contributed by atoms with Crippen molar-refractivity contribution in [1.29, 1.82) is 0 Å². The zero-order chi connectivity index (χ0) is 15.6. The molecule has 1 aromatic carbocycles. The van der Waals surface area contributed by atoms with Gasteiger partial charge >= 0.3 is 16.2 Å². The van der Waals surface area contributed by atoms with Crippen molar-refractivity contribution in [3.63, 3.8) is 0 Å². The molecular formula is C12H14FIN2O4S. The average molecular weight is 428 g/mol. The zero-order valence-corrected chi connectivity index (χ0v) is 13.9. The van der Waals surface area contributed by atoms with Gasteiger partial charge in [0.25, 0.3) is 0 Å². The Morgan fingerprint density at radius 1 is 1.48 bits per heavy atom. The number of piperidine rings is 1. The molecule has 1 heterocycles. The molecule has 0 spiro atoms. The van der Waals surface area contributed by atoms with Gasteiger partial charge in [-0.1, -0.05) is 0 Å². The van der Waals surface area contributed by atoms with Crippen LogP contribution in [-0.4, -0.2) is 36.9 Å². The summed E-state index contributed by atoms with van der Waals surface area (Å²) in [6.07, 6.45) is 0.966. The highest BCUT2D eigenvalue weighted by atomic mass is 127. The Bertz CT molecular complexity index is 653. The highest BCUT2D eigenvalue weighted by Gasteiger charge is 2.32. The molecule has 1 aliphatic rings. The molecule has 0 bridgehead atoms. The van der Waals surface area contributed by atoms with Gasteiger partial charge in [-0.25, -0.2) is 4.39 Å². The van der Waals surface area contributed by atoms with Gasteiger partial charge in [0, 0.05) is 16.7 Å². The van der Waals surface area contributed by atoms with Gasteiger partial charge in [-0.05, 0) is 53.6 Å². The number of hydrogen-bond donors (Lipinski definition) is 2. The van der Waals surface area contributed by atoms with Gasteiger partial charge in [0.1, 0.15) is 5.82 Å². The van der Waals surface area contributed by atoms with E-state index >= 15 is 0 Å². The second-order valence-electron chi connectivity index (χ2n) is 4.77. The molecule has 21 heavy (non-hydrogen) atoms. The van der Waals surface area contributed by atoms with E-state index in [2.05, 4.69) is 4.72 Å². The summed E-state index contributed by atoms with van der Waals surface area (Å²) in [5.41, 5.74) is 0.273. The van der Waals surface area contributed by atoms with Crippen LogP contribution >= 0.6 is 22.6 Å². The van der Waals surface area contributed by atoms with Crippen molar-refractivity contribution in [3.05, 3.63) is 27.6 Å². The molecule has 0 saturated carbocycles. The molecule has 1 atom stereocenters. The average Bonchev–Trinajstić information content (AvgIpc) is 2.42. The maximum atomic E-state index is 13.0. The molecule has 0 amide bonds. The summed E-state index contributed by atoms with van der Waals surface area (Å²) in [4.78, 5) is 11.0. The fourth-order valence-electron chi connectivity index (χ4n) is 2.14. The molecule has 6 nitrogen and oxygen atoms in total. The molecule has 9 heteroatoms. The molecule has 1 aliphatic heterocycles. The predicted molar refractivity (Wildman–Crippen MR) is 83.6 cm³/mol. The number of nitrogens with one attached hydrogen (secondary N) is 1. The number of carbonyl (C=O) groups is 1. The van der Waals surface area contributed by atoms with Crippen molar-refractivity contribution in [2.24, 2.45) is 5.92 Å². The number of rotatable bonds is 4. The number of aliphatic carboxylic acids is 1. The number of carboxylic acids is 1. The third kappa shape index (κ3) is 4.04. The Morgan fingerprint density at radius 3 is 2.81 bits per heavy atom. The predicted octanol–water partition coefficient (Wildman–Crippen LogP) is 1.88. The van der Waals surface area contributed by atoms with Crippen LogP contribution < -0.4 is 4.72 Å². The number of benzene rings is 1. The van der Waals surface area contributed by atoms with Crippen LogP contribution in [0.25, 0.3) is 0 Å². The summed E-state index contributed by atoms with van der Waals surface area (Å²) >= 11 is 1.83. The number of hydrogen-bond acceptors (Lipinski definition) is 3. The molecule has 1 fully saturated rings. The lowest BCUT2D eigenvalue weighted by molar-refractivity contribution is -0.142. The highest BCUT2D eigenvalue weighted by molar-refractivity contribution is 14.1. The van der Waals surface area contributed by atoms with Gasteiger partial charge in [-0.15, -0.1) is 0 Å². The first kappa shape index (κ1) is 16.4. The van der Waals surface area contributed by atoms with E-state index in [1.54, 1.807) is 0 Å². The summed E-state index contributed by atoms with van der Waals surface area (Å²) in [5.74, 6) is -2.14. The standard InChI is InChI=1S/C12H14FIN2O4S/c13-9-3-4-11(10(14)6-9)15-21(19,20)16-5-1-2-8(7-16)12(17)18/h3-4,6,8,15H,1-2,5,7H2,(H,17,18). The Hall–Kier alpha value is -0.940. The van der Waals surface area contributed by atoms with E-state index in [1.807, 2.05) is 22.6 Å². The Kier molecular flexibility index (Phi) is 5.04. The van der Waals surface area contributed by atoms with E-state index in [9.17, 15) is 17.6 Å². The molecule has 2 rings (SSSR count). The Morgan fingerprint density at radius 2 is 2.19 bits per heavy atom. The van der Waals surface area contributed by atoms with E-state index in [0.29, 0.717) is 16.4 Å². The van der Waals surface area contributed by atoms with Crippen molar-refractivity contribution in [1.82, 2.24) is 4.31 Å². The monoisotopic (exact) mass is 428 g/mol. The Labute approximate surface area is 135 Å². The fraction of sp³-hybridized carbons (Fsp3) is 0.417. The summed E-state index contributed by atoms with van der Waals surface area (Å²) in [6, 6.07) is 3.72. The SMILES string of the molecule is O=C(O)C1CCCN(S(=O)(=O)Nc2ccc(F)cc2I)C1. The number of anilines is 1.